The van der Waals surface area contributed by atoms with E-state index in [0.29, 0.717) is 11.4 Å². The third-order valence-electron chi connectivity index (χ3n) is 11.1. The fourth-order valence-electron chi connectivity index (χ4n) is 8.73. The number of hydrogen-bond donors (Lipinski definition) is 0. The van der Waals surface area contributed by atoms with Crippen LogP contribution in [-0.4, -0.2) is 13.7 Å². The highest BCUT2D eigenvalue weighted by molar-refractivity contribution is 6.13. The Hall–Kier alpha value is -7.86. The van der Waals surface area contributed by atoms with Crippen molar-refractivity contribution in [2.24, 2.45) is 0 Å². The van der Waals surface area contributed by atoms with Gasteiger partial charge in [-0.15, -0.1) is 0 Å². The van der Waals surface area contributed by atoms with E-state index >= 15 is 0 Å². The quantitative estimate of drug-likeness (QED) is 0.163. The summed E-state index contributed by atoms with van der Waals surface area (Å²) in [6, 6.07) is 61.2. The van der Waals surface area contributed by atoms with Crippen LogP contribution in [0.2, 0.25) is 0 Å². The second-order valence-corrected chi connectivity index (χ2v) is 13.9. The van der Waals surface area contributed by atoms with E-state index in [1.54, 1.807) is 0 Å². The van der Waals surface area contributed by atoms with Crippen LogP contribution >= 0.6 is 0 Å². The lowest BCUT2D eigenvalue weighted by Crippen LogP contribution is -1.98. The molecule has 0 N–H and O–H groups in total. The van der Waals surface area contributed by atoms with E-state index in [0.717, 1.165) is 82.8 Å². The van der Waals surface area contributed by atoms with E-state index in [1.807, 2.05) is 18.2 Å². The monoisotopic (exact) mass is 699 g/mol. The van der Waals surface area contributed by atoms with Gasteiger partial charge in [-0.25, -0.2) is 9.69 Å². The van der Waals surface area contributed by atoms with Crippen molar-refractivity contribution in [1.29, 1.82) is 0 Å². The van der Waals surface area contributed by atoms with Crippen molar-refractivity contribution < 1.29 is 0 Å². The number of rotatable bonds is 4. The highest BCUT2D eigenvalue weighted by atomic mass is 15.0. The smallest absolute Gasteiger partial charge is 0.211 e. The lowest BCUT2D eigenvalue weighted by atomic mass is 10.0. The van der Waals surface area contributed by atoms with Gasteiger partial charge in [0.15, 0.2) is 5.69 Å². The molecule has 0 amide bonds. The molecule has 8 aromatic carbocycles. The third-order valence-corrected chi connectivity index (χ3v) is 11.1. The minimum atomic E-state index is 0.582. The molecule has 254 valence electrons. The molecule has 0 atom stereocenters. The van der Waals surface area contributed by atoms with Crippen LogP contribution in [0.25, 0.3) is 103 Å². The Balaban J connectivity index is 1.13. The van der Waals surface area contributed by atoms with Gasteiger partial charge in [-0.3, -0.25) is 0 Å². The lowest BCUT2D eigenvalue weighted by molar-refractivity contribution is 1.16. The van der Waals surface area contributed by atoms with Crippen LogP contribution < -0.4 is 0 Å². The SMILES string of the molecule is [C-]#[N+]c1ccc2c(c1)c1cc(-n3c4ccccc4c4ccccc43)ccc1n2-c1ccccc1-c1ccc(-n2c3ccccc3c3ccccc32)c([N+]#[C-])c1. The number of benzene rings is 8. The van der Waals surface area contributed by atoms with Crippen molar-refractivity contribution in [3.8, 4) is 28.2 Å². The Morgan fingerprint density at radius 3 is 1.44 bits per heavy atom. The molecule has 5 heteroatoms. The van der Waals surface area contributed by atoms with Gasteiger partial charge in [0.05, 0.1) is 57.6 Å². The standard InChI is InChI=1S/C50H29N5/c1-51-33-24-27-48-40(30-33)41-31-34(53-44-19-9-4-14-36(44)37-15-5-10-20-45(37)53)25-28-49(41)54(48)43-18-8-3-13-35(43)32-23-26-50(42(29-32)52-2)55-46-21-11-6-16-38(46)39-17-7-12-22-47(39)55/h3-31H. The molecule has 0 aliphatic rings. The van der Waals surface area contributed by atoms with E-state index in [2.05, 4.69) is 181 Å². The van der Waals surface area contributed by atoms with Gasteiger partial charge in [-0.2, -0.15) is 0 Å². The first-order valence-corrected chi connectivity index (χ1v) is 18.3. The van der Waals surface area contributed by atoms with Gasteiger partial charge in [-0.1, -0.05) is 103 Å². The van der Waals surface area contributed by atoms with Gasteiger partial charge in [0, 0.05) is 38.2 Å². The first-order chi connectivity index (χ1) is 27.2. The average Bonchev–Trinajstić information content (AvgIpc) is 3.88. The molecule has 0 bridgehead atoms. The Morgan fingerprint density at radius 1 is 0.345 bits per heavy atom. The van der Waals surface area contributed by atoms with Gasteiger partial charge in [-0.05, 0) is 83.7 Å². The molecule has 0 saturated heterocycles. The Morgan fingerprint density at radius 2 is 0.836 bits per heavy atom. The van der Waals surface area contributed by atoms with Crippen LogP contribution in [0.5, 0.6) is 0 Å². The van der Waals surface area contributed by atoms with Gasteiger partial charge in [0.25, 0.3) is 0 Å². The van der Waals surface area contributed by atoms with E-state index in [-0.39, 0.29) is 0 Å². The zero-order valence-corrected chi connectivity index (χ0v) is 29.5. The maximum absolute atomic E-state index is 8.37. The summed E-state index contributed by atoms with van der Waals surface area (Å²) >= 11 is 0. The third kappa shape index (κ3) is 4.45. The first kappa shape index (κ1) is 30.7. The van der Waals surface area contributed by atoms with E-state index in [4.69, 9.17) is 13.1 Å². The molecule has 0 aliphatic heterocycles. The second-order valence-electron chi connectivity index (χ2n) is 13.9. The molecule has 5 nitrogen and oxygen atoms in total. The van der Waals surface area contributed by atoms with E-state index < -0.39 is 0 Å². The minimum absolute atomic E-state index is 0.582. The molecule has 0 unspecified atom stereocenters. The fourth-order valence-corrected chi connectivity index (χ4v) is 8.73. The molecule has 0 radical (unpaired) electrons. The van der Waals surface area contributed by atoms with Crippen molar-refractivity contribution in [2.45, 2.75) is 0 Å². The molecular weight excluding hydrogens is 671 g/mol. The maximum Gasteiger partial charge on any atom is 0.211 e. The maximum atomic E-state index is 8.37. The molecule has 0 saturated carbocycles. The van der Waals surface area contributed by atoms with Crippen LogP contribution in [0.15, 0.2) is 176 Å². The van der Waals surface area contributed by atoms with Crippen LogP contribution in [0.4, 0.5) is 11.4 Å². The number of nitrogens with zero attached hydrogens (tertiary/aromatic N) is 5. The topological polar surface area (TPSA) is 23.5 Å². The molecule has 0 aliphatic carbocycles. The minimum Gasteiger partial charge on any atom is -0.319 e. The summed E-state index contributed by atoms with van der Waals surface area (Å²) in [5.74, 6) is 0. The summed E-state index contributed by atoms with van der Waals surface area (Å²) < 4.78 is 6.86. The predicted molar refractivity (Wildman–Crippen MR) is 227 cm³/mol. The predicted octanol–water partition coefficient (Wildman–Crippen LogP) is 13.7. The molecule has 11 aromatic rings. The zero-order valence-electron chi connectivity index (χ0n) is 29.5. The van der Waals surface area contributed by atoms with Crippen LogP contribution in [0.3, 0.4) is 0 Å². The summed E-state index contributed by atoms with van der Waals surface area (Å²) in [5.41, 5.74) is 12.6. The van der Waals surface area contributed by atoms with Crippen LogP contribution in [0.1, 0.15) is 0 Å². The van der Waals surface area contributed by atoms with Crippen LogP contribution in [-0.2, 0) is 0 Å². The van der Waals surface area contributed by atoms with Crippen molar-refractivity contribution >= 4 is 76.8 Å². The summed E-state index contributed by atoms with van der Waals surface area (Å²) in [4.78, 5) is 7.93. The Kier molecular flexibility index (Phi) is 6.61. The molecular formula is C50H29N5. The Bertz CT molecular complexity index is 3360. The van der Waals surface area contributed by atoms with Gasteiger partial charge in [0.1, 0.15) is 0 Å². The summed E-state index contributed by atoms with van der Waals surface area (Å²) in [5, 5.41) is 6.85. The van der Waals surface area contributed by atoms with Crippen molar-refractivity contribution in [1.82, 2.24) is 13.7 Å². The molecule has 11 rings (SSSR count). The zero-order chi connectivity index (χ0) is 36.6. The fraction of sp³-hybridized carbons (Fsp3) is 0. The average molecular weight is 700 g/mol. The summed E-state index contributed by atoms with van der Waals surface area (Å²) in [6.45, 7) is 16.2. The van der Waals surface area contributed by atoms with Crippen molar-refractivity contribution in [3.63, 3.8) is 0 Å². The van der Waals surface area contributed by atoms with Crippen molar-refractivity contribution in [2.75, 3.05) is 0 Å². The highest BCUT2D eigenvalue weighted by Crippen LogP contribution is 2.42. The number of para-hydroxylation sites is 5. The van der Waals surface area contributed by atoms with Crippen molar-refractivity contribution in [3.05, 3.63) is 199 Å². The van der Waals surface area contributed by atoms with Gasteiger partial charge in [0.2, 0.25) is 5.69 Å². The Labute approximate surface area is 316 Å². The summed E-state index contributed by atoms with van der Waals surface area (Å²) in [7, 11) is 0. The van der Waals surface area contributed by atoms with E-state index in [9.17, 15) is 0 Å². The number of hydrogen-bond acceptors (Lipinski definition) is 0. The molecule has 55 heavy (non-hydrogen) atoms. The largest absolute Gasteiger partial charge is 0.319 e. The lowest BCUT2D eigenvalue weighted by Gasteiger charge is -2.16. The number of fused-ring (bicyclic) bond motifs is 9. The highest BCUT2D eigenvalue weighted by Gasteiger charge is 2.20. The first-order valence-electron chi connectivity index (χ1n) is 18.3. The normalized spacial score (nSPS) is 11.6. The van der Waals surface area contributed by atoms with Gasteiger partial charge < -0.3 is 13.7 Å². The van der Waals surface area contributed by atoms with E-state index in [1.165, 1.54) is 10.8 Å². The van der Waals surface area contributed by atoms with Crippen LogP contribution in [0, 0.1) is 13.1 Å². The number of aromatic nitrogens is 3. The summed E-state index contributed by atoms with van der Waals surface area (Å²) in [6.07, 6.45) is 0. The molecule has 3 heterocycles. The molecule has 3 aromatic heterocycles. The second kappa shape index (κ2) is 11.8. The molecule has 0 fully saturated rings. The van der Waals surface area contributed by atoms with Gasteiger partial charge >= 0.3 is 0 Å². The molecule has 0 spiro atoms.